The average Bonchev–Trinajstić information content (AvgIpc) is 2.84. The Morgan fingerprint density at radius 1 is 1.12 bits per heavy atom. The van der Waals surface area contributed by atoms with E-state index in [2.05, 4.69) is 50.5 Å². The number of benzene rings is 1. The molecule has 0 amide bonds. The molecule has 32 heavy (non-hydrogen) atoms. The van der Waals surface area contributed by atoms with Gasteiger partial charge in [-0.1, -0.05) is 12.1 Å². The lowest BCUT2D eigenvalue weighted by atomic mass is 9.87. The Morgan fingerprint density at radius 3 is 2.50 bits per heavy atom. The highest BCUT2D eigenvalue weighted by Crippen LogP contribution is 2.29. The van der Waals surface area contributed by atoms with Gasteiger partial charge in [-0.25, -0.2) is 4.99 Å². The van der Waals surface area contributed by atoms with Crippen molar-refractivity contribution in [1.29, 1.82) is 0 Å². The van der Waals surface area contributed by atoms with Gasteiger partial charge < -0.3 is 14.7 Å². The van der Waals surface area contributed by atoms with Crippen LogP contribution in [0.5, 0.6) is 0 Å². The number of aliphatic hydroxyl groups is 1. The summed E-state index contributed by atoms with van der Waals surface area (Å²) >= 11 is 0. The Hall–Kier alpha value is -2.61. The van der Waals surface area contributed by atoms with Crippen molar-refractivity contribution in [2.75, 3.05) is 39.4 Å². The van der Waals surface area contributed by atoms with Gasteiger partial charge in [0, 0.05) is 70.7 Å². The molecule has 2 saturated heterocycles. The minimum absolute atomic E-state index is 0.303. The molecule has 2 aliphatic rings. The molecule has 170 valence electrons. The molecule has 1 atom stereocenters. The summed E-state index contributed by atoms with van der Waals surface area (Å²) in [4.78, 5) is 17.8. The molecule has 1 aromatic carbocycles. The van der Waals surface area contributed by atoms with E-state index in [0.717, 1.165) is 48.6 Å². The van der Waals surface area contributed by atoms with Gasteiger partial charge >= 0.3 is 0 Å². The maximum Gasteiger partial charge on any atom is 0.127 e. The zero-order valence-corrected chi connectivity index (χ0v) is 19.1. The van der Waals surface area contributed by atoms with Crippen LogP contribution >= 0.6 is 0 Å². The van der Waals surface area contributed by atoms with Crippen molar-refractivity contribution in [2.24, 2.45) is 4.99 Å². The van der Waals surface area contributed by atoms with E-state index >= 15 is 0 Å². The number of hydrogen-bond acceptors (Lipinski definition) is 7. The van der Waals surface area contributed by atoms with Gasteiger partial charge in [0.15, 0.2) is 0 Å². The lowest BCUT2D eigenvalue weighted by molar-refractivity contribution is -0.0393. The van der Waals surface area contributed by atoms with Crippen LogP contribution < -0.4 is 0 Å². The molecule has 2 aliphatic heterocycles. The van der Waals surface area contributed by atoms with Gasteiger partial charge in [0.25, 0.3) is 0 Å². The SMILES string of the molecule is C=N/C(=C\C=C(/C)C1(O)CCOCC1)N1CCN(C(C)c2ccc3nccnc3c2)CC1. The highest BCUT2D eigenvalue weighted by atomic mass is 16.5. The Bertz CT molecular complexity index is 1000. The van der Waals surface area contributed by atoms with Gasteiger partial charge in [-0.2, -0.15) is 0 Å². The third-order valence-electron chi connectivity index (χ3n) is 6.86. The van der Waals surface area contributed by atoms with Gasteiger partial charge in [0.05, 0.1) is 16.6 Å². The molecule has 7 nitrogen and oxygen atoms in total. The summed E-state index contributed by atoms with van der Waals surface area (Å²) < 4.78 is 5.39. The lowest BCUT2D eigenvalue weighted by Gasteiger charge is -2.39. The summed E-state index contributed by atoms with van der Waals surface area (Å²) in [6.07, 6.45) is 8.71. The third kappa shape index (κ3) is 4.90. The van der Waals surface area contributed by atoms with Crippen LogP contribution in [0.1, 0.15) is 38.3 Å². The first-order valence-corrected chi connectivity index (χ1v) is 11.4. The molecule has 2 fully saturated rings. The van der Waals surface area contributed by atoms with E-state index in [4.69, 9.17) is 4.74 Å². The van der Waals surface area contributed by atoms with Gasteiger partial charge in [-0.05, 0) is 49.9 Å². The first-order chi connectivity index (χ1) is 15.5. The smallest absolute Gasteiger partial charge is 0.127 e. The van der Waals surface area contributed by atoms with Crippen molar-refractivity contribution >= 4 is 17.8 Å². The van der Waals surface area contributed by atoms with E-state index in [1.165, 1.54) is 5.56 Å². The van der Waals surface area contributed by atoms with Crippen molar-refractivity contribution in [3.05, 3.63) is 59.7 Å². The van der Waals surface area contributed by atoms with Crippen LogP contribution in [0, 0.1) is 0 Å². The number of ether oxygens (including phenoxy) is 1. The molecule has 1 aromatic heterocycles. The van der Waals surface area contributed by atoms with E-state index in [-0.39, 0.29) is 0 Å². The number of allylic oxidation sites excluding steroid dienone is 2. The zero-order chi connectivity index (χ0) is 22.6. The minimum Gasteiger partial charge on any atom is -0.385 e. The first kappa shape index (κ1) is 22.6. The van der Waals surface area contributed by atoms with Crippen LogP contribution in [0.15, 0.2) is 59.1 Å². The maximum atomic E-state index is 10.9. The van der Waals surface area contributed by atoms with E-state index in [1.54, 1.807) is 12.4 Å². The number of hydrogen-bond donors (Lipinski definition) is 1. The van der Waals surface area contributed by atoms with E-state index in [0.29, 0.717) is 32.1 Å². The summed E-state index contributed by atoms with van der Waals surface area (Å²) in [6.45, 7) is 12.9. The number of piperazine rings is 1. The van der Waals surface area contributed by atoms with Crippen LogP contribution in [-0.4, -0.2) is 76.6 Å². The number of fused-ring (bicyclic) bond motifs is 1. The number of rotatable bonds is 6. The summed E-state index contributed by atoms with van der Waals surface area (Å²) in [5.41, 5.74) is 3.29. The minimum atomic E-state index is -0.778. The normalized spacial score (nSPS) is 21.5. The summed E-state index contributed by atoms with van der Waals surface area (Å²) in [7, 11) is 0. The maximum absolute atomic E-state index is 10.9. The first-order valence-electron chi connectivity index (χ1n) is 11.4. The molecule has 2 aromatic rings. The highest BCUT2D eigenvalue weighted by Gasteiger charge is 2.31. The molecular weight excluding hydrogens is 402 g/mol. The van der Waals surface area contributed by atoms with Crippen molar-refractivity contribution in [3.8, 4) is 0 Å². The van der Waals surface area contributed by atoms with E-state index < -0.39 is 5.60 Å². The molecule has 0 aliphatic carbocycles. The van der Waals surface area contributed by atoms with Gasteiger partial charge in [0.2, 0.25) is 0 Å². The lowest BCUT2D eigenvalue weighted by Crippen LogP contribution is -2.46. The van der Waals surface area contributed by atoms with Crippen molar-refractivity contribution < 1.29 is 9.84 Å². The molecule has 0 spiro atoms. The fraction of sp³-hybridized carbons (Fsp3) is 0.480. The van der Waals surface area contributed by atoms with Crippen LogP contribution in [0.25, 0.3) is 11.0 Å². The fourth-order valence-corrected chi connectivity index (χ4v) is 4.51. The average molecular weight is 436 g/mol. The van der Waals surface area contributed by atoms with E-state index in [9.17, 15) is 5.11 Å². The number of aliphatic imine (C=N–C) groups is 1. The topological polar surface area (TPSA) is 74.1 Å². The Labute approximate surface area is 190 Å². The Balaban J connectivity index is 1.39. The Kier molecular flexibility index (Phi) is 6.98. The van der Waals surface area contributed by atoms with Gasteiger partial charge in [-0.3, -0.25) is 14.9 Å². The second-order valence-corrected chi connectivity index (χ2v) is 8.68. The summed E-state index contributed by atoms with van der Waals surface area (Å²) in [6, 6.07) is 6.65. The quantitative estimate of drug-likeness (QED) is 0.554. The summed E-state index contributed by atoms with van der Waals surface area (Å²) in [5.74, 6) is 0.855. The largest absolute Gasteiger partial charge is 0.385 e. The van der Waals surface area contributed by atoms with Crippen LogP contribution in [0.3, 0.4) is 0 Å². The number of aromatic nitrogens is 2. The van der Waals surface area contributed by atoms with Crippen LogP contribution in [-0.2, 0) is 4.74 Å². The molecule has 4 rings (SSSR count). The number of nitrogens with zero attached hydrogens (tertiary/aromatic N) is 5. The molecule has 1 unspecified atom stereocenters. The van der Waals surface area contributed by atoms with Crippen molar-refractivity contribution in [3.63, 3.8) is 0 Å². The van der Waals surface area contributed by atoms with Crippen LogP contribution in [0.2, 0.25) is 0 Å². The second-order valence-electron chi connectivity index (χ2n) is 8.68. The summed E-state index contributed by atoms with van der Waals surface area (Å²) in [5, 5.41) is 10.9. The van der Waals surface area contributed by atoms with Crippen LogP contribution in [0.4, 0.5) is 0 Å². The molecule has 0 bridgehead atoms. The predicted molar refractivity (Wildman–Crippen MR) is 127 cm³/mol. The Morgan fingerprint density at radius 2 is 1.81 bits per heavy atom. The van der Waals surface area contributed by atoms with Gasteiger partial charge in [0.1, 0.15) is 5.82 Å². The monoisotopic (exact) mass is 435 g/mol. The third-order valence-corrected chi connectivity index (χ3v) is 6.86. The molecule has 3 heterocycles. The zero-order valence-electron chi connectivity index (χ0n) is 19.1. The van der Waals surface area contributed by atoms with Crippen molar-refractivity contribution in [1.82, 2.24) is 19.8 Å². The molecular formula is C25H33N5O2. The van der Waals surface area contributed by atoms with E-state index in [1.807, 2.05) is 25.1 Å². The molecule has 1 N–H and O–H groups in total. The molecule has 0 radical (unpaired) electrons. The molecule has 0 saturated carbocycles. The standard InChI is InChI=1S/C25H33N5O2/c1-19(25(31)8-16-32-17-9-25)4-7-24(26-3)30-14-12-29(13-15-30)20(2)21-5-6-22-23(18-21)28-11-10-27-22/h4-7,10-11,18,20,31H,3,8-9,12-17H2,1-2H3/b19-4+,24-7+. The molecule has 7 heteroatoms. The van der Waals surface area contributed by atoms with Crippen molar-refractivity contribution in [2.45, 2.75) is 38.3 Å². The fourth-order valence-electron chi connectivity index (χ4n) is 4.51. The van der Waals surface area contributed by atoms with Gasteiger partial charge in [-0.15, -0.1) is 0 Å². The second kappa shape index (κ2) is 9.90. The highest BCUT2D eigenvalue weighted by molar-refractivity contribution is 5.74. The predicted octanol–water partition coefficient (Wildman–Crippen LogP) is 3.34.